The molecule has 1 heterocycles. The summed E-state index contributed by atoms with van der Waals surface area (Å²) in [5.41, 5.74) is 0. The quantitative estimate of drug-likeness (QED) is 0.622. The lowest BCUT2D eigenvalue weighted by molar-refractivity contribution is 0.0942. The first kappa shape index (κ1) is 16.4. The number of nitrogens with one attached hydrogen (secondary N) is 1. The summed E-state index contributed by atoms with van der Waals surface area (Å²) in [4.78, 5) is 12.3. The summed E-state index contributed by atoms with van der Waals surface area (Å²) < 4.78 is 16.1. The van der Waals surface area contributed by atoms with Gasteiger partial charge in [-0.2, -0.15) is 9.97 Å². The standard InChI is InChI=1S/C13H24N4O3/c1-4-7-8-18-9-10-20-13-16-11(14-5-2)15-12(17-13)19-6-3/h4-10H2,1-3H3,(H,14,15,16,17). The molecule has 1 rings (SSSR count). The Bertz CT molecular complexity index is 352. The van der Waals surface area contributed by atoms with Crippen molar-refractivity contribution in [3.8, 4) is 12.0 Å². The van der Waals surface area contributed by atoms with Gasteiger partial charge >= 0.3 is 12.0 Å². The number of nitrogens with zero attached hydrogens (tertiary/aromatic N) is 3. The Hall–Kier alpha value is -1.63. The molecule has 1 aromatic heterocycles. The maximum atomic E-state index is 5.45. The smallest absolute Gasteiger partial charge is 0.324 e. The number of ether oxygens (including phenoxy) is 3. The predicted octanol–water partition coefficient (Wildman–Crippen LogP) is 1.90. The van der Waals surface area contributed by atoms with E-state index >= 15 is 0 Å². The molecule has 0 fully saturated rings. The summed E-state index contributed by atoms with van der Waals surface area (Å²) in [5.74, 6) is 0.452. The summed E-state index contributed by atoms with van der Waals surface area (Å²) in [6, 6.07) is 0.513. The first-order valence-corrected chi connectivity index (χ1v) is 7.13. The molecule has 0 atom stereocenters. The normalized spacial score (nSPS) is 10.3. The summed E-state index contributed by atoms with van der Waals surface area (Å²) in [6.45, 7) is 8.86. The third-order valence-corrected chi connectivity index (χ3v) is 2.30. The fourth-order valence-electron chi connectivity index (χ4n) is 1.37. The van der Waals surface area contributed by atoms with Crippen LogP contribution in [0, 0.1) is 0 Å². The van der Waals surface area contributed by atoms with Gasteiger partial charge < -0.3 is 19.5 Å². The summed E-state index contributed by atoms with van der Waals surface area (Å²) >= 11 is 0. The molecular weight excluding hydrogens is 260 g/mol. The van der Waals surface area contributed by atoms with E-state index in [1.165, 1.54) is 0 Å². The van der Waals surface area contributed by atoms with Crippen LogP contribution in [0.4, 0.5) is 5.95 Å². The molecule has 114 valence electrons. The summed E-state index contributed by atoms with van der Waals surface area (Å²) in [7, 11) is 0. The van der Waals surface area contributed by atoms with E-state index in [9.17, 15) is 0 Å². The van der Waals surface area contributed by atoms with Gasteiger partial charge in [0.1, 0.15) is 6.61 Å². The van der Waals surface area contributed by atoms with E-state index in [1.54, 1.807) is 0 Å². The lowest BCUT2D eigenvalue weighted by Crippen LogP contribution is -2.12. The molecule has 0 saturated heterocycles. The Labute approximate surface area is 120 Å². The second-order valence-electron chi connectivity index (χ2n) is 4.00. The van der Waals surface area contributed by atoms with Crippen LogP contribution in [0.1, 0.15) is 33.6 Å². The van der Waals surface area contributed by atoms with E-state index in [4.69, 9.17) is 14.2 Å². The van der Waals surface area contributed by atoms with Crippen LogP contribution in [0.2, 0.25) is 0 Å². The highest BCUT2D eigenvalue weighted by molar-refractivity contribution is 5.27. The number of hydrogen-bond donors (Lipinski definition) is 1. The fourth-order valence-corrected chi connectivity index (χ4v) is 1.37. The van der Waals surface area contributed by atoms with Crippen molar-refractivity contribution >= 4 is 5.95 Å². The van der Waals surface area contributed by atoms with E-state index in [1.807, 2.05) is 13.8 Å². The Kier molecular flexibility index (Phi) is 8.37. The van der Waals surface area contributed by atoms with E-state index in [2.05, 4.69) is 27.2 Å². The van der Waals surface area contributed by atoms with Crippen LogP contribution >= 0.6 is 0 Å². The number of rotatable bonds is 11. The Morgan fingerprint density at radius 3 is 2.30 bits per heavy atom. The minimum Gasteiger partial charge on any atom is -0.464 e. The van der Waals surface area contributed by atoms with E-state index in [-0.39, 0.29) is 12.0 Å². The zero-order valence-electron chi connectivity index (χ0n) is 12.5. The minimum absolute atomic E-state index is 0.249. The summed E-state index contributed by atoms with van der Waals surface area (Å²) in [5, 5.41) is 3.01. The van der Waals surface area contributed by atoms with Crippen molar-refractivity contribution in [3.05, 3.63) is 0 Å². The second kappa shape index (κ2) is 10.2. The number of aromatic nitrogens is 3. The van der Waals surface area contributed by atoms with E-state index in [0.29, 0.717) is 25.8 Å². The van der Waals surface area contributed by atoms with Crippen molar-refractivity contribution in [2.24, 2.45) is 0 Å². The fraction of sp³-hybridized carbons (Fsp3) is 0.769. The number of unbranched alkanes of at least 4 members (excludes halogenated alkanes) is 1. The van der Waals surface area contributed by atoms with Crippen molar-refractivity contribution in [3.63, 3.8) is 0 Å². The minimum atomic E-state index is 0.249. The molecule has 0 aliphatic rings. The maximum absolute atomic E-state index is 5.45. The number of anilines is 1. The first-order chi connectivity index (χ1) is 9.80. The Morgan fingerprint density at radius 1 is 0.900 bits per heavy atom. The highest BCUT2D eigenvalue weighted by Crippen LogP contribution is 2.12. The molecule has 0 unspecified atom stereocenters. The van der Waals surface area contributed by atoms with Gasteiger partial charge in [-0.05, 0) is 20.3 Å². The molecular formula is C13H24N4O3. The lowest BCUT2D eigenvalue weighted by Gasteiger charge is -2.09. The molecule has 0 saturated carbocycles. The van der Waals surface area contributed by atoms with Crippen molar-refractivity contribution < 1.29 is 14.2 Å². The van der Waals surface area contributed by atoms with Crippen molar-refractivity contribution in [1.29, 1.82) is 0 Å². The molecule has 20 heavy (non-hydrogen) atoms. The van der Waals surface area contributed by atoms with Crippen molar-refractivity contribution in [1.82, 2.24) is 15.0 Å². The molecule has 7 nitrogen and oxygen atoms in total. The molecule has 0 bridgehead atoms. The third-order valence-electron chi connectivity index (χ3n) is 2.30. The average Bonchev–Trinajstić information content (AvgIpc) is 2.43. The van der Waals surface area contributed by atoms with Crippen molar-refractivity contribution in [2.45, 2.75) is 33.6 Å². The van der Waals surface area contributed by atoms with Gasteiger partial charge in [0.25, 0.3) is 0 Å². The lowest BCUT2D eigenvalue weighted by atomic mass is 10.4. The Morgan fingerprint density at radius 2 is 1.65 bits per heavy atom. The molecule has 0 aliphatic carbocycles. The average molecular weight is 284 g/mol. The monoisotopic (exact) mass is 284 g/mol. The zero-order valence-corrected chi connectivity index (χ0v) is 12.5. The van der Waals surface area contributed by atoms with Gasteiger partial charge in [0.2, 0.25) is 5.95 Å². The van der Waals surface area contributed by atoms with Gasteiger partial charge in [-0.3, -0.25) is 0 Å². The van der Waals surface area contributed by atoms with Crippen LogP contribution in [0.3, 0.4) is 0 Å². The van der Waals surface area contributed by atoms with Crippen LogP contribution in [0.25, 0.3) is 0 Å². The molecule has 1 aromatic rings. The SMILES string of the molecule is CCCCOCCOc1nc(NCC)nc(OCC)n1. The topological polar surface area (TPSA) is 78.4 Å². The predicted molar refractivity (Wildman–Crippen MR) is 76.4 cm³/mol. The molecule has 0 radical (unpaired) electrons. The molecule has 0 aliphatic heterocycles. The molecule has 0 amide bonds. The highest BCUT2D eigenvalue weighted by Gasteiger charge is 2.07. The third kappa shape index (κ3) is 6.51. The van der Waals surface area contributed by atoms with Gasteiger partial charge in [-0.15, -0.1) is 4.98 Å². The van der Waals surface area contributed by atoms with Crippen LogP contribution in [-0.4, -0.2) is 47.9 Å². The van der Waals surface area contributed by atoms with Crippen LogP contribution < -0.4 is 14.8 Å². The van der Waals surface area contributed by atoms with Crippen LogP contribution in [0.5, 0.6) is 12.0 Å². The largest absolute Gasteiger partial charge is 0.464 e. The maximum Gasteiger partial charge on any atom is 0.324 e. The van der Waals surface area contributed by atoms with E-state index in [0.717, 1.165) is 26.0 Å². The van der Waals surface area contributed by atoms with E-state index < -0.39 is 0 Å². The van der Waals surface area contributed by atoms with Crippen LogP contribution in [0.15, 0.2) is 0 Å². The molecule has 1 N–H and O–H groups in total. The van der Waals surface area contributed by atoms with Gasteiger partial charge in [0.15, 0.2) is 0 Å². The van der Waals surface area contributed by atoms with Crippen LogP contribution in [-0.2, 0) is 4.74 Å². The van der Waals surface area contributed by atoms with Gasteiger partial charge in [-0.25, -0.2) is 0 Å². The second-order valence-corrected chi connectivity index (χ2v) is 4.00. The highest BCUT2D eigenvalue weighted by atomic mass is 16.5. The van der Waals surface area contributed by atoms with Gasteiger partial charge in [0, 0.05) is 13.2 Å². The molecule has 7 heteroatoms. The molecule has 0 aromatic carbocycles. The number of hydrogen-bond acceptors (Lipinski definition) is 7. The molecule has 0 spiro atoms. The first-order valence-electron chi connectivity index (χ1n) is 7.13. The Balaban J connectivity index is 2.46. The zero-order chi connectivity index (χ0) is 14.6. The van der Waals surface area contributed by atoms with Crippen molar-refractivity contribution in [2.75, 3.05) is 38.3 Å². The summed E-state index contributed by atoms with van der Waals surface area (Å²) in [6.07, 6.45) is 2.18. The van der Waals surface area contributed by atoms with Gasteiger partial charge in [0.05, 0.1) is 13.2 Å². The van der Waals surface area contributed by atoms with Gasteiger partial charge in [-0.1, -0.05) is 13.3 Å².